The van der Waals surface area contributed by atoms with Crippen molar-refractivity contribution < 1.29 is 32.2 Å². The van der Waals surface area contributed by atoms with Gasteiger partial charge in [-0.25, -0.2) is 9.18 Å². The minimum Gasteiger partial charge on any atom is -0.491 e. The third kappa shape index (κ3) is 4.98. The normalized spacial score (nSPS) is 11.6. The molecule has 0 aliphatic heterocycles. The van der Waals surface area contributed by atoms with Crippen LogP contribution in [0.1, 0.15) is 27.2 Å². The smallest absolute Gasteiger partial charge is 0.416 e. The number of fused-ring (bicyclic) bond motifs is 2. The topological polar surface area (TPSA) is 105 Å². The number of hydrogen-bond acceptors (Lipinski definition) is 6. The molecule has 13 heteroatoms. The maximum absolute atomic E-state index is 15.3. The Morgan fingerprint density at radius 1 is 1.22 bits per heavy atom. The SMILES string of the molecule is Cc1c(F)c2cc(C(F)(F)F)cc(C#N)c2c(=O)n1CCOc1ccc(Cl)cc1-c1ccnc2c(C(=O)O)csc12. The molecular formula is C28H16ClF4N3O4S. The van der Waals surface area contributed by atoms with Crippen LogP contribution >= 0.6 is 22.9 Å². The number of carboxylic acid groups (broad SMARTS) is 1. The highest BCUT2D eigenvalue weighted by Gasteiger charge is 2.33. The third-order valence-corrected chi connectivity index (χ3v) is 7.73. The molecule has 3 heterocycles. The second kappa shape index (κ2) is 10.5. The highest BCUT2D eigenvalue weighted by molar-refractivity contribution is 7.18. The molecule has 0 atom stereocenters. The highest BCUT2D eigenvalue weighted by Crippen LogP contribution is 2.40. The summed E-state index contributed by atoms with van der Waals surface area (Å²) in [6, 6.07) is 9.06. The molecule has 0 spiro atoms. The number of pyridine rings is 2. The Kier molecular flexibility index (Phi) is 7.19. The van der Waals surface area contributed by atoms with Crippen LogP contribution < -0.4 is 10.3 Å². The number of rotatable bonds is 6. The van der Waals surface area contributed by atoms with E-state index < -0.39 is 45.4 Å². The van der Waals surface area contributed by atoms with E-state index >= 15 is 4.39 Å². The van der Waals surface area contributed by atoms with Crippen molar-refractivity contribution >= 4 is 49.9 Å². The molecular weight excluding hydrogens is 586 g/mol. The van der Waals surface area contributed by atoms with E-state index in [2.05, 4.69) is 4.98 Å². The first kappa shape index (κ1) is 28.1. The van der Waals surface area contributed by atoms with E-state index in [1.54, 1.807) is 30.3 Å². The molecule has 0 aliphatic carbocycles. The average molecular weight is 602 g/mol. The summed E-state index contributed by atoms with van der Waals surface area (Å²) in [5.74, 6) is -1.85. The van der Waals surface area contributed by atoms with E-state index in [-0.39, 0.29) is 24.4 Å². The number of carbonyl (C=O) groups is 1. The zero-order chi connectivity index (χ0) is 29.6. The van der Waals surface area contributed by atoms with Crippen molar-refractivity contribution in [2.45, 2.75) is 19.6 Å². The van der Waals surface area contributed by atoms with Crippen LogP contribution in [0.2, 0.25) is 5.02 Å². The first-order chi connectivity index (χ1) is 19.4. The van der Waals surface area contributed by atoms with Crippen molar-refractivity contribution in [2.24, 2.45) is 0 Å². The summed E-state index contributed by atoms with van der Waals surface area (Å²) in [5.41, 5.74) is -1.42. The lowest BCUT2D eigenvalue weighted by atomic mass is 10.0. The van der Waals surface area contributed by atoms with Gasteiger partial charge in [0, 0.05) is 33.1 Å². The monoisotopic (exact) mass is 601 g/mol. The van der Waals surface area contributed by atoms with Crippen LogP contribution in [0, 0.1) is 24.1 Å². The number of carboxylic acids is 1. The number of ether oxygens (including phenoxy) is 1. The van der Waals surface area contributed by atoms with E-state index in [1.807, 2.05) is 0 Å². The van der Waals surface area contributed by atoms with Gasteiger partial charge in [-0.1, -0.05) is 11.6 Å². The van der Waals surface area contributed by atoms with Crippen molar-refractivity contribution in [2.75, 3.05) is 6.61 Å². The van der Waals surface area contributed by atoms with Gasteiger partial charge in [-0.3, -0.25) is 9.78 Å². The number of benzene rings is 2. The second-order valence-corrected chi connectivity index (χ2v) is 10.2. The summed E-state index contributed by atoms with van der Waals surface area (Å²) in [6.07, 6.45) is -3.38. The molecule has 5 rings (SSSR count). The Bertz CT molecular complexity index is 1980. The molecule has 0 aliphatic rings. The predicted octanol–water partition coefficient (Wildman–Crippen LogP) is 7.05. The molecule has 2 aromatic carbocycles. The van der Waals surface area contributed by atoms with Crippen molar-refractivity contribution in [1.29, 1.82) is 5.26 Å². The Balaban J connectivity index is 1.52. The third-order valence-electron chi connectivity index (χ3n) is 6.49. The second-order valence-electron chi connectivity index (χ2n) is 8.89. The molecule has 3 aromatic heterocycles. The summed E-state index contributed by atoms with van der Waals surface area (Å²) in [4.78, 5) is 29.0. The number of hydrogen-bond donors (Lipinski definition) is 1. The molecule has 0 fully saturated rings. The molecule has 208 valence electrons. The number of nitrogens with zero attached hydrogens (tertiary/aromatic N) is 3. The fraction of sp³-hybridized carbons (Fsp3) is 0.143. The summed E-state index contributed by atoms with van der Waals surface area (Å²) < 4.78 is 62.7. The van der Waals surface area contributed by atoms with Gasteiger partial charge in [-0.05, 0) is 43.3 Å². The Morgan fingerprint density at radius 3 is 2.66 bits per heavy atom. The van der Waals surface area contributed by atoms with E-state index in [0.29, 0.717) is 44.2 Å². The average Bonchev–Trinajstić information content (AvgIpc) is 3.38. The molecule has 0 amide bonds. The Labute approximate surface area is 237 Å². The quantitative estimate of drug-likeness (QED) is 0.209. The first-order valence-electron chi connectivity index (χ1n) is 11.8. The van der Waals surface area contributed by atoms with E-state index in [4.69, 9.17) is 16.3 Å². The van der Waals surface area contributed by atoms with Crippen LogP contribution in [-0.2, 0) is 12.7 Å². The van der Waals surface area contributed by atoms with E-state index in [9.17, 15) is 33.1 Å². The van der Waals surface area contributed by atoms with Crippen LogP contribution in [0.25, 0.3) is 32.1 Å². The molecule has 0 unspecified atom stereocenters. The van der Waals surface area contributed by atoms with Gasteiger partial charge in [0.25, 0.3) is 5.56 Å². The van der Waals surface area contributed by atoms with Crippen LogP contribution in [0.3, 0.4) is 0 Å². The number of aromatic nitrogens is 2. The van der Waals surface area contributed by atoms with Crippen LogP contribution in [0.4, 0.5) is 17.6 Å². The van der Waals surface area contributed by atoms with Gasteiger partial charge in [0.1, 0.15) is 12.4 Å². The highest BCUT2D eigenvalue weighted by atomic mass is 35.5. The molecule has 7 nitrogen and oxygen atoms in total. The molecule has 0 bridgehead atoms. The molecule has 0 saturated carbocycles. The van der Waals surface area contributed by atoms with Crippen molar-refractivity contribution in [3.8, 4) is 22.9 Å². The first-order valence-corrected chi connectivity index (χ1v) is 13.0. The van der Waals surface area contributed by atoms with Gasteiger partial charge in [0.05, 0.1) is 50.6 Å². The van der Waals surface area contributed by atoms with Crippen LogP contribution in [0.15, 0.2) is 52.8 Å². The minimum atomic E-state index is -4.84. The van der Waals surface area contributed by atoms with Gasteiger partial charge in [-0.15, -0.1) is 11.3 Å². The number of halogens is 5. The summed E-state index contributed by atoms with van der Waals surface area (Å²) in [7, 11) is 0. The zero-order valence-electron chi connectivity index (χ0n) is 20.8. The van der Waals surface area contributed by atoms with Crippen molar-refractivity contribution in [1.82, 2.24) is 9.55 Å². The summed E-state index contributed by atoms with van der Waals surface area (Å²) in [6.45, 7) is 0.891. The predicted molar refractivity (Wildman–Crippen MR) is 145 cm³/mol. The lowest BCUT2D eigenvalue weighted by Crippen LogP contribution is -2.27. The van der Waals surface area contributed by atoms with Crippen molar-refractivity contribution in [3.63, 3.8) is 0 Å². The van der Waals surface area contributed by atoms with E-state index in [0.717, 1.165) is 4.57 Å². The number of aromatic carboxylic acids is 1. The maximum atomic E-state index is 15.3. The largest absolute Gasteiger partial charge is 0.491 e. The molecule has 0 radical (unpaired) electrons. The zero-order valence-corrected chi connectivity index (χ0v) is 22.4. The number of nitriles is 1. The Hall–Kier alpha value is -4.47. The number of thiophene rings is 1. The minimum absolute atomic E-state index is 0.0450. The lowest BCUT2D eigenvalue weighted by Gasteiger charge is -2.17. The lowest BCUT2D eigenvalue weighted by molar-refractivity contribution is -0.137. The fourth-order valence-electron chi connectivity index (χ4n) is 4.55. The van der Waals surface area contributed by atoms with Gasteiger partial charge >= 0.3 is 12.1 Å². The van der Waals surface area contributed by atoms with Gasteiger partial charge in [0.2, 0.25) is 0 Å². The summed E-state index contributed by atoms with van der Waals surface area (Å²) in [5, 5.41) is 19.7. The van der Waals surface area contributed by atoms with Crippen LogP contribution in [-0.4, -0.2) is 27.2 Å². The molecule has 41 heavy (non-hydrogen) atoms. The molecule has 5 aromatic rings. The van der Waals surface area contributed by atoms with Gasteiger partial charge < -0.3 is 14.4 Å². The van der Waals surface area contributed by atoms with Crippen LogP contribution in [0.5, 0.6) is 5.75 Å². The van der Waals surface area contributed by atoms with Gasteiger partial charge in [0.15, 0.2) is 5.82 Å². The molecule has 0 saturated heterocycles. The number of alkyl halides is 3. The van der Waals surface area contributed by atoms with E-state index in [1.165, 1.54) is 29.8 Å². The standard InChI is InChI=1S/C28H16ClF4N3O4S/c1-13-23(30)19-9-15(28(31,32)33)8-14(11-34)22(19)26(37)36(13)6-7-40-21-3-2-16(29)10-18(21)17-4-5-35-24-20(27(38)39)12-41-25(17)24/h2-5,8-10,12H,6-7H2,1H3,(H,38,39). The maximum Gasteiger partial charge on any atom is 0.416 e. The Morgan fingerprint density at radius 2 is 1.98 bits per heavy atom. The summed E-state index contributed by atoms with van der Waals surface area (Å²) >= 11 is 7.43. The van der Waals surface area contributed by atoms with Crippen molar-refractivity contribution in [3.05, 3.63) is 91.6 Å². The van der Waals surface area contributed by atoms with Gasteiger partial charge in [-0.2, -0.15) is 18.4 Å². The molecule has 1 N–H and O–H groups in total. The fourth-order valence-corrected chi connectivity index (χ4v) is 5.75.